The van der Waals surface area contributed by atoms with Crippen LogP contribution in [0.3, 0.4) is 0 Å². The third-order valence-corrected chi connectivity index (χ3v) is 5.13. The molecule has 21 heavy (non-hydrogen) atoms. The van der Waals surface area contributed by atoms with Crippen molar-refractivity contribution < 1.29 is 13.5 Å². The van der Waals surface area contributed by atoms with Crippen molar-refractivity contribution in [3.05, 3.63) is 70.2 Å². The molecule has 2 aromatic rings. The Balaban J connectivity index is 2.10. The normalized spacial score (nSPS) is 13.1. The van der Waals surface area contributed by atoms with E-state index in [1.807, 2.05) is 25.1 Å². The van der Waals surface area contributed by atoms with E-state index in [0.717, 1.165) is 11.1 Å². The number of aliphatic hydroxyl groups is 1. The smallest absolute Gasteiger partial charge is 0.157 e. The van der Waals surface area contributed by atoms with Gasteiger partial charge in [-0.3, -0.25) is 0 Å². The fraction of sp³-hybridized carbons (Fsp3) is 0.250. The minimum atomic E-state index is -3.40. The molecule has 2 rings (SSSR count). The predicted octanol–water partition coefficient (Wildman–Crippen LogP) is 3.30. The number of hydrogen-bond acceptors (Lipinski definition) is 3. The summed E-state index contributed by atoms with van der Waals surface area (Å²) in [6.07, 6.45) is -1.05. The minimum absolute atomic E-state index is 0.0652. The van der Waals surface area contributed by atoms with E-state index in [4.69, 9.17) is 11.6 Å². The van der Waals surface area contributed by atoms with E-state index in [2.05, 4.69) is 0 Å². The van der Waals surface area contributed by atoms with Gasteiger partial charge in [0, 0.05) is 5.02 Å². The second kappa shape index (κ2) is 6.60. The van der Waals surface area contributed by atoms with E-state index in [9.17, 15) is 13.5 Å². The van der Waals surface area contributed by atoms with E-state index in [1.165, 1.54) is 0 Å². The largest absolute Gasteiger partial charge is 0.387 e. The highest BCUT2D eigenvalue weighted by molar-refractivity contribution is 7.90. The molecule has 0 aliphatic heterocycles. The molecule has 112 valence electrons. The first-order valence-corrected chi connectivity index (χ1v) is 8.76. The molecule has 0 fully saturated rings. The molecular weight excluding hydrogens is 308 g/mol. The maximum absolute atomic E-state index is 12.2. The molecule has 0 aliphatic carbocycles. The first-order chi connectivity index (χ1) is 9.87. The van der Waals surface area contributed by atoms with E-state index in [-0.39, 0.29) is 11.5 Å². The van der Waals surface area contributed by atoms with Gasteiger partial charge >= 0.3 is 0 Å². The molecule has 1 unspecified atom stereocenters. The maximum Gasteiger partial charge on any atom is 0.157 e. The van der Waals surface area contributed by atoms with Crippen molar-refractivity contribution in [3.63, 3.8) is 0 Å². The van der Waals surface area contributed by atoms with Crippen LogP contribution in [0.25, 0.3) is 0 Å². The summed E-state index contributed by atoms with van der Waals surface area (Å²) in [6.45, 7) is 1.88. The van der Waals surface area contributed by atoms with Gasteiger partial charge in [0.25, 0.3) is 0 Å². The topological polar surface area (TPSA) is 54.4 Å². The Kier molecular flexibility index (Phi) is 5.04. The SMILES string of the molecule is Cc1ccccc1CS(=O)(=O)CC(O)c1ccc(Cl)cc1. The van der Waals surface area contributed by atoms with E-state index in [1.54, 1.807) is 30.3 Å². The lowest BCUT2D eigenvalue weighted by atomic mass is 10.1. The van der Waals surface area contributed by atoms with Gasteiger partial charge in [-0.05, 0) is 35.7 Å². The Morgan fingerprint density at radius 2 is 1.71 bits per heavy atom. The number of halogens is 1. The Morgan fingerprint density at radius 3 is 2.33 bits per heavy atom. The molecule has 0 bridgehead atoms. The van der Waals surface area contributed by atoms with Crippen molar-refractivity contribution >= 4 is 21.4 Å². The first kappa shape index (κ1) is 16.0. The zero-order valence-electron chi connectivity index (χ0n) is 11.7. The lowest BCUT2D eigenvalue weighted by molar-refractivity contribution is 0.201. The number of hydrogen-bond donors (Lipinski definition) is 1. The van der Waals surface area contributed by atoms with Crippen molar-refractivity contribution in [1.29, 1.82) is 0 Å². The van der Waals surface area contributed by atoms with Crippen molar-refractivity contribution in [2.45, 2.75) is 18.8 Å². The van der Waals surface area contributed by atoms with Gasteiger partial charge in [-0.2, -0.15) is 0 Å². The Labute approximate surface area is 130 Å². The summed E-state index contributed by atoms with van der Waals surface area (Å²) in [4.78, 5) is 0. The van der Waals surface area contributed by atoms with Crippen LogP contribution in [-0.4, -0.2) is 19.3 Å². The van der Waals surface area contributed by atoms with Gasteiger partial charge in [0.15, 0.2) is 9.84 Å². The van der Waals surface area contributed by atoms with Crippen molar-refractivity contribution in [3.8, 4) is 0 Å². The summed E-state index contributed by atoms with van der Waals surface area (Å²) in [5.74, 6) is -0.368. The Hall–Kier alpha value is -1.36. The molecular formula is C16H17ClO3S. The maximum atomic E-state index is 12.2. The fourth-order valence-corrected chi connectivity index (χ4v) is 3.80. The average molecular weight is 325 g/mol. The lowest BCUT2D eigenvalue weighted by Gasteiger charge is -2.12. The van der Waals surface area contributed by atoms with Crippen LogP contribution in [0.1, 0.15) is 22.8 Å². The molecule has 0 heterocycles. The van der Waals surface area contributed by atoms with Crippen LogP contribution in [0.4, 0.5) is 0 Å². The molecule has 0 aliphatic rings. The van der Waals surface area contributed by atoms with E-state index < -0.39 is 15.9 Å². The first-order valence-electron chi connectivity index (χ1n) is 6.56. The highest BCUT2D eigenvalue weighted by atomic mass is 35.5. The Morgan fingerprint density at radius 1 is 1.10 bits per heavy atom. The molecule has 0 amide bonds. The summed E-state index contributed by atoms with van der Waals surface area (Å²) >= 11 is 5.77. The molecule has 0 saturated heterocycles. The molecule has 0 spiro atoms. The molecule has 5 heteroatoms. The minimum Gasteiger partial charge on any atom is -0.387 e. The van der Waals surface area contributed by atoms with Crippen LogP contribution >= 0.6 is 11.6 Å². The van der Waals surface area contributed by atoms with Gasteiger partial charge in [-0.25, -0.2) is 8.42 Å². The fourth-order valence-electron chi connectivity index (χ4n) is 2.09. The third-order valence-electron chi connectivity index (χ3n) is 3.30. The predicted molar refractivity (Wildman–Crippen MR) is 85.1 cm³/mol. The quantitative estimate of drug-likeness (QED) is 0.918. The van der Waals surface area contributed by atoms with E-state index in [0.29, 0.717) is 10.6 Å². The summed E-state index contributed by atoms with van der Waals surface area (Å²) < 4.78 is 24.4. The Bertz CT molecular complexity index is 709. The summed E-state index contributed by atoms with van der Waals surface area (Å²) in [5.41, 5.74) is 2.25. The molecule has 0 saturated carbocycles. The van der Waals surface area contributed by atoms with Gasteiger partial charge in [-0.15, -0.1) is 0 Å². The number of benzene rings is 2. The van der Waals surface area contributed by atoms with Crippen LogP contribution in [0, 0.1) is 6.92 Å². The van der Waals surface area contributed by atoms with Gasteiger partial charge in [0.05, 0.1) is 17.6 Å². The van der Waals surface area contributed by atoms with Crippen LogP contribution in [0.5, 0.6) is 0 Å². The van der Waals surface area contributed by atoms with Gasteiger partial charge in [0.2, 0.25) is 0 Å². The van der Waals surface area contributed by atoms with Crippen LogP contribution in [-0.2, 0) is 15.6 Å². The van der Waals surface area contributed by atoms with Crippen LogP contribution in [0.15, 0.2) is 48.5 Å². The van der Waals surface area contributed by atoms with Crippen LogP contribution < -0.4 is 0 Å². The van der Waals surface area contributed by atoms with Gasteiger partial charge < -0.3 is 5.11 Å². The molecule has 0 aromatic heterocycles. The van der Waals surface area contributed by atoms with Crippen LogP contribution in [0.2, 0.25) is 5.02 Å². The molecule has 2 aromatic carbocycles. The standard InChI is InChI=1S/C16H17ClO3S/c1-12-4-2-3-5-14(12)10-21(19,20)11-16(18)13-6-8-15(17)9-7-13/h2-9,16,18H,10-11H2,1H3. The lowest BCUT2D eigenvalue weighted by Crippen LogP contribution is -2.16. The molecule has 1 N–H and O–H groups in total. The monoisotopic (exact) mass is 324 g/mol. The average Bonchev–Trinajstić information content (AvgIpc) is 2.41. The van der Waals surface area contributed by atoms with Gasteiger partial charge in [-0.1, -0.05) is 48.0 Å². The summed E-state index contributed by atoms with van der Waals surface area (Å²) in [7, 11) is -3.40. The third kappa shape index (κ3) is 4.56. The van der Waals surface area contributed by atoms with Crippen molar-refractivity contribution in [2.24, 2.45) is 0 Å². The second-order valence-corrected chi connectivity index (χ2v) is 7.59. The summed E-state index contributed by atoms with van der Waals surface area (Å²) in [6, 6.07) is 13.9. The van der Waals surface area contributed by atoms with Crippen molar-refractivity contribution in [2.75, 3.05) is 5.75 Å². The number of sulfone groups is 1. The second-order valence-electron chi connectivity index (χ2n) is 5.05. The highest BCUT2D eigenvalue weighted by Crippen LogP contribution is 2.20. The highest BCUT2D eigenvalue weighted by Gasteiger charge is 2.20. The van der Waals surface area contributed by atoms with E-state index >= 15 is 0 Å². The number of aryl methyl sites for hydroxylation is 1. The zero-order valence-corrected chi connectivity index (χ0v) is 13.2. The van der Waals surface area contributed by atoms with Crippen molar-refractivity contribution in [1.82, 2.24) is 0 Å². The number of rotatable bonds is 5. The molecule has 0 radical (unpaired) electrons. The molecule has 3 nitrogen and oxygen atoms in total. The number of aliphatic hydroxyl groups excluding tert-OH is 1. The zero-order chi connectivity index (χ0) is 15.5. The van der Waals surface area contributed by atoms with Gasteiger partial charge in [0.1, 0.15) is 0 Å². The summed E-state index contributed by atoms with van der Waals surface area (Å²) in [5, 5.41) is 10.6. The molecule has 1 atom stereocenters.